The van der Waals surface area contributed by atoms with Gasteiger partial charge in [-0.3, -0.25) is 0 Å². The predicted molar refractivity (Wildman–Crippen MR) is 197 cm³/mol. The number of rotatable bonds is 4. The molecule has 0 N–H and O–H groups in total. The topological polar surface area (TPSA) is 29.0 Å². The number of hydrogen-bond donors (Lipinski definition) is 0. The van der Waals surface area contributed by atoms with Gasteiger partial charge in [-0.05, 0) is 68.8 Å². The number of anilines is 1. The van der Waals surface area contributed by atoms with Gasteiger partial charge in [0.1, 0.15) is 0 Å². The minimum Gasteiger partial charge on any atom is -0.302 e. The van der Waals surface area contributed by atoms with E-state index < -0.39 is 0 Å². The molecule has 0 bridgehead atoms. The van der Waals surface area contributed by atoms with Gasteiger partial charge in [-0.2, -0.15) is 0 Å². The summed E-state index contributed by atoms with van der Waals surface area (Å²) in [6.07, 6.45) is 3.25. The molecule has 2 heterocycles. The summed E-state index contributed by atoms with van der Waals surface area (Å²) in [5.41, 5.74) is 15.5. The summed E-state index contributed by atoms with van der Waals surface area (Å²) in [5, 5.41) is 0. The fraction of sp³-hybridized carbons (Fsp3) is 0.116. The highest BCUT2D eigenvalue weighted by molar-refractivity contribution is 9.10. The van der Waals surface area contributed by atoms with Crippen LogP contribution in [-0.2, 0) is 6.42 Å². The van der Waals surface area contributed by atoms with Gasteiger partial charge in [-0.15, -0.1) is 0 Å². The lowest BCUT2D eigenvalue weighted by molar-refractivity contribution is 0.517. The van der Waals surface area contributed by atoms with Gasteiger partial charge in [-0.25, -0.2) is 9.97 Å². The van der Waals surface area contributed by atoms with Crippen molar-refractivity contribution < 1.29 is 0 Å². The second-order valence-electron chi connectivity index (χ2n) is 13.2. The van der Waals surface area contributed by atoms with Gasteiger partial charge in [-0.1, -0.05) is 145 Å². The molecule has 0 amide bonds. The molecule has 0 fully saturated rings. The average Bonchev–Trinajstić information content (AvgIpc) is 3.69. The van der Waals surface area contributed by atoms with Crippen LogP contribution in [0.15, 0.2) is 149 Å². The van der Waals surface area contributed by atoms with E-state index in [-0.39, 0.29) is 11.5 Å². The van der Waals surface area contributed by atoms with Gasteiger partial charge in [0, 0.05) is 33.1 Å². The summed E-state index contributed by atoms with van der Waals surface area (Å²) in [7, 11) is 0. The third-order valence-electron chi connectivity index (χ3n) is 10.0. The Kier molecular flexibility index (Phi) is 6.45. The molecule has 1 unspecified atom stereocenters. The Morgan fingerprint density at radius 2 is 1.28 bits per heavy atom. The molecule has 4 heteroatoms. The molecule has 0 radical (unpaired) electrons. The van der Waals surface area contributed by atoms with E-state index in [2.05, 4.69) is 174 Å². The highest BCUT2D eigenvalue weighted by Gasteiger charge is 2.50. The summed E-state index contributed by atoms with van der Waals surface area (Å²) in [6.45, 7) is 4.81. The van der Waals surface area contributed by atoms with Crippen LogP contribution in [0.25, 0.3) is 45.3 Å². The summed E-state index contributed by atoms with van der Waals surface area (Å²) < 4.78 is 1.09. The molecule has 1 aliphatic heterocycles. The Morgan fingerprint density at radius 1 is 0.660 bits per heavy atom. The lowest BCUT2D eigenvalue weighted by Gasteiger charge is -2.45. The molecular weight excluding hydrogens is 638 g/mol. The first-order chi connectivity index (χ1) is 23.0. The lowest BCUT2D eigenvalue weighted by atomic mass is 9.69. The van der Waals surface area contributed by atoms with Crippen LogP contribution in [0.4, 0.5) is 5.95 Å². The molecule has 47 heavy (non-hydrogen) atoms. The second kappa shape index (κ2) is 10.8. The van der Waals surface area contributed by atoms with Crippen LogP contribution in [-0.4, -0.2) is 9.97 Å². The standard InChI is InChI=1S/C43H32BrN3/c1-43(2)36-24-32-22-33(44)20-21-34(32)41(36)47(39-25-31-19-18-30(23-35(31)40(39)43)27-12-6-3-7-13-27)42-45-37(28-14-8-4-9-15-28)26-38(46-42)29-16-10-5-11-17-29/h3-24,26,41H,25H2,1-2H3. The molecule has 5 aromatic carbocycles. The van der Waals surface area contributed by atoms with E-state index in [1.807, 2.05) is 0 Å². The molecular formula is C43H32BrN3. The number of nitrogens with zero attached hydrogens (tertiary/aromatic N) is 3. The van der Waals surface area contributed by atoms with Crippen molar-refractivity contribution in [2.75, 3.05) is 4.90 Å². The fourth-order valence-electron chi connectivity index (χ4n) is 7.83. The molecule has 0 spiro atoms. The first-order valence-corrected chi connectivity index (χ1v) is 17.0. The van der Waals surface area contributed by atoms with E-state index in [1.165, 1.54) is 50.2 Å². The number of allylic oxidation sites excluding steroid dienone is 2. The van der Waals surface area contributed by atoms with Crippen LogP contribution in [0.3, 0.4) is 0 Å². The zero-order valence-corrected chi connectivity index (χ0v) is 27.9. The maximum Gasteiger partial charge on any atom is 0.231 e. The minimum atomic E-state index is -0.206. The highest BCUT2D eigenvalue weighted by Crippen LogP contribution is 2.61. The number of benzene rings is 5. The SMILES string of the molecule is CC1(C)C2=Cc3cc(Br)ccc3C2N(c2nc(-c3ccccc3)cc(-c3ccccc3)n2)C2=C1c1cc(-c3ccccc3)ccc1C2. The van der Waals surface area contributed by atoms with Crippen LogP contribution in [0.5, 0.6) is 0 Å². The van der Waals surface area contributed by atoms with Crippen molar-refractivity contribution in [3.05, 3.63) is 171 Å². The van der Waals surface area contributed by atoms with Crippen molar-refractivity contribution in [3.8, 4) is 33.6 Å². The summed E-state index contributed by atoms with van der Waals surface area (Å²) in [4.78, 5) is 13.2. The van der Waals surface area contributed by atoms with E-state index in [4.69, 9.17) is 9.97 Å². The third-order valence-corrected chi connectivity index (χ3v) is 10.5. The van der Waals surface area contributed by atoms with E-state index >= 15 is 0 Å². The number of aromatic nitrogens is 2. The van der Waals surface area contributed by atoms with Crippen LogP contribution in [0.1, 0.15) is 42.1 Å². The van der Waals surface area contributed by atoms with Crippen LogP contribution < -0.4 is 4.90 Å². The molecule has 6 aromatic rings. The molecule has 0 saturated carbocycles. The Bertz CT molecular complexity index is 2190. The van der Waals surface area contributed by atoms with Crippen molar-refractivity contribution in [2.24, 2.45) is 5.41 Å². The Hall–Kier alpha value is -5.06. The quantitative estimate of drug-likeness (QED) is 0.187. The maximum absolute atomic E-state index is 5.38. The number of halogens is 1. The molecule has 0 saturated heterocycles. The molecule has 3 nitrogen and oxygen atoms in total. The monoisotopic (exact) mass is 669 g/mol. The zero-order valence-electron chi connectivity index (χ0n) is 26.3. The largest absolute Gasteiger partial charge is 0.302 e. The number of fused-ring (bicyclic) bond motifs is 5. The third kappa shape index (κ3) is 4.54. The zero-order chi connectivity index (χ0) is 31.7. The predicted octanol–water partition coefficient (Wildman–Crippen LogP) is 11.2. The second-order valence-corrected chi connectivity index (χ2v) is 14.1. The van der Waals surface area contributed by atoms with Crippen molar-refractivity contribution in [1.29, 1.82) is 0 Å². The smallest absolute Gasteiger partial charge is 0.231 e. The van der Waals surface area contributed by atoms with Crippen LogP contribution in [0.2, 0.25) is 0 Å². The summed E-state index contributed by atoms with van der Waals surface area (Å²) in [5.74, 6) is 0.732. The van der Waals surface area contributed by atoms with E-state index in [9.17, 15) is 0 Å². The molecule has 226 valence electrons. The molecule has 1 aromatic heterocycles. The van der Waals surface area contributed by atoms with Crippen molar-refractivity contribution >= 4 is 33.5 Å². The van der Waals surface area contributed by atoms with Gasteiger partial charge < -0.3 is 4.90 Å². The minimum absolute atomic E-state index is 0.00981. The van der Waals surface area contributed by atoms with Gasteiger partial charge in [0.05, 0.1) is 17.4 Å². The van der Waals surface area contributed by atoms with E-state index in [1.54, 1.807) is 0 Å². The van der Waals surface area contributed by atoms with E-state index in [0.717, 1.165) is 39.4 Å². The van der Waals surface area contributed by atoms with E-state index in [0.29, 0.717) is 0 Å². The maximum atomic E-state index is 5.38. The highest BCUT2D eigenvalue weighted by atomic mass is 79.9. The van der Waals surface area contributed by atoms with Gasteiger partial charge in [0.25, 0.3) is 0 Å². The molecule has 2 aliphatic carbocycles. The summed E-state index contributed by atoms with van der Waals surface area (Å²) >= 11 is 3.75. The van der Waals surface area contributed by atoms with Gasteiger partial charge >= 0.3 is 0 Å². The van der Waals surface area contributed by atoms with Crippen molar-refractivity contribution in [1.82, 2.24) is 9.97 Å². The van der Waals surface area contributed by atoms with Crippen molar-refractivity contribution in [3.63, 3.8) is 0 Å². The Morgan fingerprint density at radius 3 is 1.91 bits per heavy atom. The van der Waals surface area contributed by atoms with Gasteiger partial charge in [0.2, 0.25) is 5.95 Å². The normalized spacial score (nSPS) is 17.1. The lowest BCUT2D eigenvalue weighted by Crippen LogP contribution is -2.39. The fourth-order valence-corrected chi connectivity index (χ4v) is 8.21. The van der Waals surface area contributed by atoms with Crippen LogP contribution in [0, 0.1) is 5.41 Å². The molecule has 3 aliphatic rings. The van der Waals surface area contributed by atoms with Crippen molar-refractivity contribution in [2.45, 2.75) is 26.3 Å². The molecule has 9 rings (SSSR count). The Balaban J connectivity index is 1.31. The first-order valence-electron chi connectivity index (χ1n) is 16.2. The summed E-state index contributed by atoms with van der Waals surface area (Å²) in [6, 6.07) is 47.5. The molecule has 1 atom stereocenters. The van der Waals surface area contributed by atoms with Crippen LogP contribution >= 0.6 is 15.9 Å². The first kappa shape index (κ1) is 28.2. The average molecular weight is 671 g/mol. The number of hydrogen-bond acceptors (Lipinski definition) is 3. The van der Waals surface area contributed by atoms with Gasteiger partial charge in [0.15, 0.2) is 0 Å². The Labute approximate surface area is 284 Å².